The van der Waals surface area contributed by atoms with Crippen molar-refractivity contribution in [3.8, 4) is 17.3 Å². The lowest BCUT2D eigenvalue weighted by molar-refractivity contribution is 0.0954. The van der Waals surface area contributed by atoms with Gasteiger partial charge in [0.2, 0.25) is 5.88 Å². The Morgan fingerprint density at radius 3 is 2.47 bits per heavy atom. The van der Waals surface area contributed by atoms with E-state index in [1.54, 1.807) is 31.2 Å². The summed E-state index contributed by atoms with van der Waals surface area (Å²) in [4.78, 5) is 42.9. The highest BCUT2D eigenvalue weighted by Crippen LogP contribution is 2.20. The van der Waals surface area contributed by atoms with Gasteiger partial charge in [0.25, 0.3) is 11.5 Å². The molecular formula is C20H19N5O5. The topological polar surface area (TPSA) is 139 Å². The van der Waals surface area contributed by atoms with Crippen LogP contribution in [0, 0.1) is 0 Å². The first-order chi connectivity index (χ1) is 14.5. The standard InChI is InChI=1S/C20H19N5O5/c1-3-15(23-24-17(26)12-8-10-21-11-9-12)16-18(27)22-20(29)25(19(16)28)13-4-6-14(30-2)7-5-13/h4-11,28H,3H2,1-2H3,(H,24,26)(H,22,27,29). The van der Waals surface area contributed by atoms with Gasteiger partial charge in [0, 0.05) is 18.0 Å². The summed E-state index contributed by atoms with van der Waals surface area (Å²) in [6.07, 6.45) is 3.12. The molecular weight excluding hydrogens is 390 g/mol. The zero-order valence-corrected chi connectivity index (χ0v) is 16.2. The van der Waals surface area contributed by atoms with Crippen LogP contribution in [0.25, 0.3) is 5.69 Å². The molecule has 30 heavy (non-hydrogen) atoms. The van der Waals surface area contributed by atoms with E-state index >= 15 is 0 Å². The minimum absolute atomic E-state index is 0.0958. The van der Waals surface area contributed by atoms with E-state index in [0.717, 1.165) is 4.57 Å². The SMILES string of the molecule is CCC(=NNC(=O)c1ccncc1)c1c(O)n(-c2ccc(OC)cc2)c(=O)[nH]c1=O. The lowest BCUT2D eigenvalue weighted by Crippen LogP contribution is -2.34. The van der Waals surface area contributed by atoms with E-state index < -0.39 is 23.0 Å². The number of hydrogen-bond acceptors (Lipinski definition) is 7. The van der Waals surface area contributed by atoms with Gasteiger partial charge >= 0.3 is 5.69 Å². The van der Waals surface area contributed by atoms with Gasteiger partial charge in [-0.25, -0.2) is 14.8 Å². The van der Waals surface area contributed by atoms with Crippen molar-refractivity contribution in [1.29, 1.82) is 0 Å². The van der Waals surface area contributed by atoms with Crippen molar-refractivity contribution in [2.45, 2.75) is 13.3 Å². The van der Waals surface area contributed by atoms with E-state index in [2.05, 4.69) is 20.5 Å². The summed E-state index contributed by atoms with van der Waals surface area (Å²) >= 11 is 0. The molecule has 1 aromatic carbocycles. The third-order valence-corrected chi connectivity index (χ3v) is 4.28. The summed E-state index contributed by atoms with van der Waals surface area (Å²) in [6, 6.07) is 9.33. The van der Waals surface area contributed by atoms with Crippen LogP contribution in [0.5, 0.6) is 11.6 Å². The summed E-state index contributed by atoms with van der Waals surface area (Å²) in [5.74, 6) is -0.541. The number of pyridine rings is 1. The second-order valence-electron chi connectivity index (χ2n) is 6.08. The third kappa shape index (κ3) is 4.12. The van der Waals surface area contributed by atoms with Gasteiger partial charge in [-0.3, -0.25) is 19.6 Å². The van der Waals surface area contributed by atoms with Crippen LogP contribution in [0.2, 0.25) is 0 Å². The normalized spacial score (nSPS) is 11.2. The summed E-state index contributed by atoms with van der Waals surface area (Å²) in [5, 5.41) is 14.7. The molecule has 2 aromatic heterocycles. The quantitative estimate of drug-likeness (QED) is 0.413. The maximum atomic E-state index is 12.4. The Bertz CT molecular complexity index is 1200. The summed E-state index contributed by atoms with van der Waals surface area (Å²) in [7, 11) is 1.50. The average molecular weight is 409 g/mol. The Morgan fingerprint density at radius 2 is 1.87 bits per heavy atom. The molecule has 3 aromatic rings. The molecule has 0 aliphatic carbocycles. The van der Waals surface area contributed by atoms with E-state index in [1.807, 2.05) is 0 Å². The van der Waals surface area contributed by atoms with Gasteiger partial charge in [-0.2, -0.15) is 5.10 Å². The number of nitrogens with one attached hydrogen (secondary N) is 2. The first-order valence-corrected chi connectivity index (χ1v) is 8.96. The van der Waals surface area contributed by atoms with Crippen molar-refractivity contribution in [3.05, 3.63) is 80.8 Å². The number of aromatic nitrogens is 3. The van der Waals surface area contributed by atoms with Gasteiger partial charge in [0.05, 0.1) is 18.5 Å². The van der Waals surface area contributed by atoms with E-state index in [0.29, 0.717) is 17.0 Å². The van der Waals surface area contributed by atoms with Gasteiger partial charge in [0.15, 0.2) is 0 Å². The zero-order valence-electron chi connectivity index (χ0n) is 16.2. The molecule has 1 amide bonds. The number of hydrazone groups is 1. The average Bonchev–Trinajstić information content (AvgIpc) is 2.76. The van der Waals surface area contributed by atoms with Crippen LogP contribution in [0.15, 0.2) is 63.5 Å². The van der Waals surface area contributed by atoms with E-state index in [-0.39, 0.29) is 17.7 Å². The Morgan fingerprint density at radius 1 is 1.20 bits per heavy atom. The van der Waals surface area contributed by atoms with Crippen molar-refractivity contribution >= 4 is 11.6 Å². The summed E-state index contributed by atoms with van der Waals surface area (Å²) < 4.78 is 6.02. The smallest absolute Gasteiger partial charge is 0.335 e. The maximum absolute atomic E-state index is 12.4. The van der Waals surface area contributed by atoms with Crippen LogP contribution >= 0.6 is 0 Å². The third-order valence-electron chi connectivity index (χ3n) is 4.28. The molecule has 10 heteroatoms. The number of rotatable bonds is 6. The number of carbonyl (C=O) groups excluding carboxylic acids is 1. The van der Waals surface area contributed by atoms with Crippen LogP contribution in [-0.2, 0) is 0 Å². The van der Waals surface area contributed by atoms with Gasteiger partial charge in [0.1, 0.15) is 11.3 Å². The fraction of sp³-hybridized carbons (Fsp3) is 0.150. The minimum Gasteiger partial charge on any atom is -0.497 e. The van der Waals surface area contributed by atoms with Crippen molar-refractivity contribution in [1.82, 2.24) is 20.0 Å². The number of aromatic amines is 1. The van der Waals surface area contributed by atoms with E-state index in [4.69, 9.17) is 4.74 Å². The Hall–Kier alpha value is -4.21. The maximum Gasteiger partial charge on any atom is 0.335 e. The van der Waals surface area contributed by atoms with Crippen LogP contribution in [0.3, 0.4) is 0 Å². The molecule has 0 atom stereocenters. The fourth-order valence-corrected chi connectivity index (χ4v) is 2.75. The van der Waals surface area contributed by atoms with Crippen LogP contribution in [0.1, 0.15) is 29.3 Å². The molecule has 0 spiro atoms. The number of ether oxygens (including phenoxy) is 1. The second kappa shape index (κ2) is 8.86. The second-order valence-corrected chi connectivity index (χ2v) is 6.08. The van der Waals surface area contributed by atoms with Crippen molar-refractivity contribution in [2.75, 3.05) is 7.11 Å². The molecule has 3 rings (SSSR count). The lowest BCUT2D eigenvalue weighted by atomic mass is 10.1. The molecule has 0 bridgehead atoms. The number of benzene rings is 1. The Kier molecular flexibility index (Phi) is 6.06. The largest absolute Gasteiger partial charge is 0.497 e. The van der Waals surface area contributed by atoms with Crippen molar-refractivity contribution < 1.29 is 14.6 Å². The molecule has 154 valence electrons. The molecule has 3 N–H and O–H groups in total. The Labute approximate surface area is 170 Å². The van der Waals surface area contributed by atoms with Gasteiger partial charge in [-0.1, -0.05) is 6.92 Å². The number of aromatic hydroxyl groups is 1. The minimum atomic E-state index is -0.818. The number of hydrogen-bond donors (Lipinski definition) is 3. The number of methoxy groups -OCH3 is 1. The number of nitrogens with zero attached hydrogens (tertiary/aromatic N) is 3. The van der Waals surface area contributed by atoms with Gasteiger partial charge < -0.3 is 9.84 Å². The highest BCUT2D eigenvalue weighted by atomic mass is 16.5. The monoisotopic (exact) mass is 409 g/mol. The molecule has 0 aliphatic rings. The molecule has 0 fully saturated rings. The van der Waals surface area contributed by atoms with Crippen molar-refractivity contribution in [2.24, 2.45) is 5.10 Å². The first kappa shape index (κ1) is 20.5. The lowest BCUT2D eigenvalue weighted by Gasteiger charge is -2.13. The van der Waals surface area contributed by atoms with Crippen molar-refractivity contribution in [3.63, 3.8) is 0 Å². The Balaban J connectivity index is 2.04. The molecule has 0 saturated carbocycles. The molecule has 0 saturated heterocycles. The molecule has 0 unspecified atom stereocenters. The number of amides is 1. The van der Waals surface area contributed by atoms with Gasteiger partial charge in [-0.05, 0) is 42.8 Å². The zero-order chi connectivity index (χ0) is 21.7. The predicted molar refractivity (Wildman–Crippen MR) is 109 cm³/mol. The number of carbonyl (C=O) groups is 1. The molecule has 10 nitrogen and oxygen atoms in total. The molecule has 0 aliphatic heterocycles. The highest BCUT2D eigenvalue weighted by Gasteiger charge is 2.20. The van der Waals surface area contributed by atoms with Gasteiger partial charge in [-0.15, -0.1) is 0 Å². The molecule has 2 heterocycles. The fourth-order valence-electron chi connectivity index (χ4n) is 2.75. The summed E-state index contributed by atoms with van der Waals surface area (Å²) in [6.45, 7) is 1.69. The predicted octanol–water partition coefficient (Wildman–Crippen LogP) is 1.18. The van der Waals surface area contributed by atoms with E-state index in [9.17, 15) is 19.5 Å². The summed E-state index contributed by atoms with van der Waals surface area (Å²) in [5.41, 5.74) is 1.22. The van der Waals surface area contributed by atoms with Crippen LogP contribution in [-0.4, -0.2) is 38.4 Å². The molecule has 0 radical (unpaired) electrons. The van der Waals surface area contributed by atoms with Crippen LogP contribution < -0.4 is 21.4 Å². The van der Waals surface area contributed by atoms with E-state index in [1.165, 1.54) is 31.6 Å². The first-order valence-electron chi connectivity index (χ1n) is 8.96. The highest BCUT2D eigenvalue weighted by molar-refractivity contribution is 6.03. The van der Waals surface area contributed by atoms with Crippen LogP contribution in [0.4, 0.5) is 0 Å². The number of H-pyrrole nitrogens is 1.